The summed E-state index contributed by atoms with van der Waals surface area (Å²) in [7, 11) is 0. The van der Waals surface area contributed by atoms with E-state index in [0.29, 0.717) is 0 Å². The van der Waals surface area contributed by atoms with Crippen molar-refractivity contribution in [3.63, 3.8) is 0 Å². The van der Waals surface area contributed by atoms with Crippen LogP contribution in [0, 0.1) is 13.0 Å². The van der Waals surface area contributed by atoms with E-state index in [4.69, 9.17) is 0 Å². The van der Waals surface area contributed by atoms with Crippen molar-refractivity contribution in [2.24, 2.45) is 0 Å². The molecule has 0 saturated carbocycles. The maximum Gasteiger partial charge on any atom is 4.00 e. The molecule has 0 amide bonds. The Kier molecular flexibility index (Phi) is 38.6. The van der Waals surface area contributed by atoms with Crippen LogP contribution < -0.4 is 10.2 Å². The second kappa shape index (κ2) is 28.7. The fraction of sp³-hybridized carbons (Fsp3) is 0.526. The predicted octanol–water partition coefficient (Wildman–Crippen LogP) is 3.55. The van der Waals surface area contributed by atoms with Crippen molar-refractivity contribution >= 4 is 0 Å². The number of allylic oxidation sites excluding steroid dienone is 6. The molecule has 2 atom stereocenters. The molecule has 0 saturated heterocycles. The number of hydrogen-bond acceptors (Lipinski definition) is 2. The van der Waals surface area contributed by atoms with Crippen molar-refractivity contribution in [2.75, 3.05) is 0 Å². The number of hydrogen-bond donors (Lipinski definition) is 0. The first-order chi connectivity index (χ1) is 10.0. The van der Waals surface area contributed by atoms with Crippen LogP contribution in [0.2, 0.25) is 0 Å². The summed E-state index contributed by atoms with van der Waals surface area (Å²) in [4.78, 5) is 0. The Morgan fingerprint density at radius 3 is 1.59 bits per heavy atom. The molecule has 0 spiro atoms. The molecular weight excluding hydrogens is 308 g/mol. The third-order valence-electron chi connectivity index (χ3n) is 2.14. The molecule has 0 fully saturated rings. The summed E-state index contributed by atoms with van der Waals surface area (Å²) < 4.78 is 0. The molecule has 0 aromatic rings. The van der Waals surface area contributed by atoms with Crippen LogP contribution in [0.1, 0.15) is 52.9 Å². The first-order valence-electron chi connectivity index (χ1n) is 7.50. The van der Waals surface area contributed by atoms with Gasteiger partial charge in [0.2, 0.25) is 0 Å². The fourth-order valence-corrected chi connectivity index (χ4v) is 1.05. The van der Waals surface area contributed by atoms with E-state index in [1.165, 1.54) is 0 Å². The Morgan fingerprint density at radius 1 is 1.09 bits per heavy atom. The second-order valence-corrected chi connectivity index (χ2v) is 4.36. The zero-order chi connectivity index (χ0) is 16.9. The third kappa shape index (κ3) is 42.7. The van der Waals surface area contributed by atoms with Crippen LogP contribution in [0.15, 0.2) is 43.5 Å². The van der Waals surface area contributed by atoms with Gasteiger partial charge in [0.05, 0.1) is 0 Å². The maximum atomic E-state index is 10.2. The van der Waals surface area contributed by atoms with Gasteiger partial charge in [-0.25, -0.2) is 12.2 Å². The topological polar surface area (TPSA) is 46.1 Å². The largest absolute Gasteiger partial charge is 4.00 e. The van der Waals surface area contributed by atoms with E-state index in [9.17, 15) is 10.2 Å². The van der Waals surface area contributed by atoms with Crippen molar-refractivity contribution in [3.8, 4) is 0 Å². The average molecular weight is 340 g/mol. The van der Waals surface area contributed by atoms with Gasteiger partial charge in [0.15, 0.2) is 0 Å². The van der Waals surface area contributed by atoms with Crippen molar-refractivity contribution < 1.29 is 31.9 Å². The first-order valence-corrected chi connectivity index (χ1v) is 7.50. The van der Waals surface area contributed by atoms with Gasteiger partial charge in [-0.05, 0) is 12.8 Å². The molecule has 0 bridgehead atoms. The minimum atomic E-state index is -0.419. The quantitative estimate of drug-likeness (QED) is 0.422. The van der Waals surface area contributed by atoms with Gasteiger partial charge in [-0.1, -0.05) is 38.8 Å². The van der Waals surface area contributed by atoms with Gasteiger partial charge in [-0.3, -0.25) is 6.08 Å². The van der Waals surface area contributed by atoms with E-state index in [-0.39, 0.29) is 21.7 Å². The Bertz CT molecular complexity index is 230. The van der Waals surface area contributed by atoms with E-state index in [2.05, 4.69) is 32.2 Å². The molecule has 22 heavy (non-hydrogen) atoms. The van der Waals surface area contributed by atoms with Crippen molar-refractivity contribution in [1.29, 1.82) is 0 Å². The van der Waals surface area contributed by atoms with Crippen LogP contribution in [0.25, 0.3) is 0 Å². The third-order valence-corrected chi connectivity index (χ3v) is 2.14. The summed E-state index contributed by atoms with van der Waals surface area (Å²) in [6.45, 7) is 15.3. The SMILES string of the molecule is C=CCCC(C)[O-].C=CCCC(C)[O-].[C-]1=CC=CC1.[CH2-]C.[Ti+4]. The van der Waals surface area contributed by atoms with Gasteiger partial charge in [-0.15, -0.1) is 31.8 Å². The Balaban J connectivity index is -0.000000103. The van der Waals surface area contributed by atoms with Gasteiger partial charge in [0.1, 0.15) is 0 Å². The van der Waals surface area contributed by atoms with Crippen molar-refractivity contribution in [1.82, 2.24) is 0 Å². The molecule has 1 rings (SSSR count). The molecule has 0 aromatic carbocycles. The normalized spacial score (nSPS) is 12.8. The summed E-state index contributed by atoms with van der Waals surface area (Å²) in [6.07, 6.45) is 15.9. The van der Waals surface area contributed by atoms with Crippen molar-refractivity contribution in [2.45, 2.75) is 65.1 Å². The van der Waals surface area contributed by atoms with Gasteiger partial charge in [0, 0.05) is 0 Å². The molecule has 0 heterocycles. The zero-order valence-electron chi connectivity index (χ0n) is 14.5. The van der Waals surface area contributed by atoms with Gasteiger partial charge >= 0.3 is 21.7 Å². The Labute approximate surface area is 153 Å². The predicted molar refractivity (Wildman–Crippen MR) is 90.4 cm³/mol. The minimum absolute atomic E-state index is 0. The molecule has 1 aliphatic carbocycles. The van der Waals surface area contributed by atoms with E-state index in [1.54, 1.807) is 32.9 Å². The smallest absolute Gasteiger partial charge is 0.852 e. The summed E-state index contributed by atoms with van der Waals surface area (Å²) in [5.41, 5.74) is 0. The molecule has 0 aliphatic heterocycles. The molecule has 2 unspecified atom stereocenters. The van der Waals surface area contributed by atoms with E-state index >= 15 is 0 Å². The van der Waals surface area contributed by atoms with Crippen LogP contribution in [0.5, 0.6) is 0 Å². The molecule has 0 N–H and O–H groups in total. The van der Waals surface area contributed by atoms with Crippen LogP contribution in [0.3, 0.4) is 0 Å². The standard InChI is InChI=1S/2C6H11O.C5H5.C2H5.Ti/c2*1-3-4-5-6(2)7;1-2-4-5-3-1;1-2;/h2*3,6H,1,4-5H2,2H3;1-3H,4H2;1H2,2H3;/q4*-1;+4. The van der Waals surface area contributed by atoms with Gasteiger partial charge in [-0.2, -0.15) is 13.0 Å². The first kappa shape index (κ1) is 29.6. The Hall–Kier alpha value is -0.406. The minimum Gasteiger partial charge on any atom is -0.852 e. The average Bonchev–Trinajstić information content (AvgIpc) is 3.05. The van der Waals surface area contributed by atoms with E-state index in [0.717, 1.165) is 32.1 Å². The molecule has 124 valence electrons. The fourth-order valence-electron chi connectivity index (χ4n) is 1.05. The monoisotopic (exact) mass is 340 g/mol. The van der Waals surface area contributed by atoms with Crippen LogP contribution >= 0.6 is 0 Å². The van der Waals surface area contributed by atoms with E-state index < -0.39 is 12.2 Å². The second-order valence-electron chi connectivity index (χ2n) is 4.36. The molecule has 2 nitrogen and oxygen atoms in total. The molecule has 0 radical (unpaired) electrons. The van der Waals surface area contributed by atoms with Gasteiger partial charge < -0.3 is 17.1 Å². The van der Waals surface area contributed by atoms with Gasteiger partial charge in [0.25, 0.3) is 0 Å². The maximum absolute atomic E-state index is 10.2. The Morgan fingerprint density at radius 2 is 1.50 bits per heavy atom. The van der Waals surface area contributed by atoms with Crippen molar-refractivity contribution in [3.05, 3.63) is 56.5 Å². The molecule has 0 aromatic heterocycles. The molecular formula is C19H32O2Ti. The molecule has 3 heteroatoms. The zero-order valence-corrected chi connectivity index (χ0v) is 16.1. The summed E-state index contributed by atoms with van der Waals surface area (Å²) >= 11 is 0. The van der Waals surface area contributed by atoms with Crippen LogP contribution in [0.4, 0.5) is 0 Å². The molecule has 1 aliphatic rings. The summed E-state index contributed by atoms with van der Waals surface area (Å²) in [6, 6.07) is 0. The van der Waals surface area contributed by atoms with Crippen LogP contribution in [-0.4, -0.2) is 12.2 Å². The summed E-state index contributed by atoms with van der Waals surface area (Å²) in [5, 5.41) is 20.5. The summed E-state index contributed by atoms with van der Waals surface area (Å²) in [5.74, 6) is 0. The number of rotatable bonds is 6. The van der Waals surface area contributed by atoms with E-state index in [1.807, 2.05) is 12.2 Å². The van der Waals surface area contributed by atoms with Crippen LogP contribution in [-0.2, 0) is 21.7 Å².